The lowest BCUT2D eigenvalue weighted by molar-refractivity contribution is 0.830. The van der Waals surface area contributed by atoms with Gasteiger partial charge in [0.15, 0.2) is 11.0 Å². The van der Waals surface area contributed by atoms with Crippen molar-refractivity contribution in [1.82, 2.24) is 15.0 Å². The standard InChI is InChI=1S/C13H17N5S/c1-8-5-4-6-9(2)11(8)15-7-10-16-12(14)18-13(17-10)19-3/h4-6,15H,7H2,1-3H3,(H2,14,16,17,18). The van der Waals surface area contributed by atoms with Crippen LogP contribution in [0, 0.1) is 13.8 Å². The molecule has 3 N–H and O–H groups in total. The molecule has 0 atom stereocenters. The molecule has 0 saturated heterocycles. The number of para-hydroxylation sites is 1. The van der Waals surface area contributed by atoms with E-state index in [1.165, 1.54) is 22.9 Å². The topological polar surface area (TPSA) is 76.7 Å². The Kier molecular flexibility index (Phi) is 4.21. The average Bonchev–Trinajstić information content (AvgIpc) is 2.37. The van der Waals surface area contributed by atoms with Gasteiger partial charge in [-0.2, -0.15) is 9.97 Å². The Morgan fingerprint density at radius 1 is 1.16 bits per heavy atom. The van der Waals surface area contributed by atoms with Gasteiger partial charge in [0.05, 0.1) is 6.54 Å². The van der Waals surface area contributed by atoms with Gasteiger partial charge in [0.1, 0.15) is 0 Å². The predicted octanol–water partition coefficient (Wildman–Crippen LogP) is 2.40. The number of hydrogen-bond acceptors (Lipinski definition) is 6. The number of nitrogens with one attached hydrogen (secondary N) is 1. The second kappa shape index (κ2) is 5.88. The quantitative estimate of drug-likeness (QED) is 0.834. The zero-order valence-corrected chi connectivity index (χ0v) is 12.1. The molecule has 0 aliphatic carbocycles. The highest BCUT2D eigenvalue weighted by Gasteiger charge is 2.06. The Bertz CT molecular complexity index is 565. The summed E-state index contributed by atoms with van der Waals surface area (Å²) in [4.78, 5) is 12.5. The number of aryl methyl sites for hydroxylation is 2. The van der Waals surface area contributed by atoms with Gasteiger partial charge in [-0.15, -0.1) is 0 Å². The van der Waals surface area contributed by atoms with Crippen molar-refractivity contribution in [2.24, 2.45) is 0 Å². The Morgan fingerprint density at radius 3 is 2.47 bits per heavy atom. The monoisotopic (exact) mass is 275 g/mol. The van der Waals surface area contributed by atoms with Crippen LogP contribution in [-0.2, 0) is 6.54 Å². The fourth-order valence-electron chi connectivity index (χ4n) is 1.85. The first-order valence-corrected chi connectivity index (χ1v) is 7.17. The smallest absolute Gasteiger partial charge is 0.224 e. The highest BCUT2D eigenvalue weighted by molar-refractivity contribution is 7.98. The van der Waals surface area contributed by atoms with Crippen LogP contribution < -0.4 is 11.1 Å². The van der Waals surface area contributed by atoms with Crippen molar-refractivity contribution in [2.75, 3.05) is 17.3 Å². The normalized spacial score (nSPS) is 10.5. The second-order valence-corrected chi connectivity index (χ2v) is 4.99. The minimum absolute atomic E-state index is 0.262. The maximum absolute atomic E-state index is 5.66. The highest BCUT2D eigenvalue weighted by Crippen LogP contribution is 2.20. The summed E-state index contributed by atoms with van der Waals surface area (Å²) in [5.74, 6) is 0.914. The lowest BCUT2D eigenvalue weighted by atomic mass is 10.1. The number of aromatic nitrogens is 3. The maximum Gasteiger partial charge on any atom is 0.224 e. The number of nitrogen functional groups attached to an aromatic ring is 1. The number of thioether (sulfide) groups is 1. The van der Waals surface area contributed by atoms with Crippen LogP contribution in [0.2, 0.25) is 0 Å². The van der Waals surface area contributed by atoms with Crippen molar-refractivity contribution in [3.63, 3.8) is 0 Å². The summed E-state index contributed by atoms with van der Waals surface area (Å²) >= 11 is 1.46. The zero-order valence-electron chi connectivity index (χ0n) is 11.3. The molecule has 1 heterocycles. The molecule has 0 aliphatic rings. The summed E-state index contributed by atoms with van der Waals surface area (Å²) in [6.07, 6.45) is 1.91. The van der Waals surface area contributed by atoms with E-state index in [1.54, 1.807) is 0 Å². The van der Waals surface area contributed by atoms with Gasteiger partial charge in [0, 0.05) is 5.69 Å². The van der Waals surface area contributed by atoms with E-state index in [4.69, 9.17) is 5.73 Å². The predicted molar refractivity (Wildman–Crippen MR) is 79.3 cm³/mol. The first kappa shape index (κ1) is 13.6. The van der Waals surface area contributed by atoms with Gasteiger partial charge in [-0.3, -0.25) is 0 Å². The summed E-state index contributed by atoms with van der Waals surface area (Å²) in [6, 6.07) is 6.19. The molecule has 0 radical (unpaired) electrons. The average molecular weight is 275 g/mol. The maximum atomic E-state index is 5.66. The minimum atomic E-state index is 0.262. The molecule has 0 amide bonds. The molecule has 6 heteroatoms. The van der Waals surface area contributed by atoms with Crippen LogP contribution in [0.15, 0.2) is 23.4 Å². The van der Waals surface area contributed by atoms with Crippen LogP contribution in [0.25, 0.3) is 0 Å². The summed E-state index contributed by atoms with van der Waals surface area (Å²) < 4.78 is 0. The van der Waals surface area contributed by atoms with Gasteiger partial charge >= 0.3 is 0 Å². The van der Waals surface area contributed by atoms with Crippen molar-refractivity contribution < 1.29 is 0 Å². The molecule has 0 fully saturated rings. The van der Waals surface area contributed by atoms with Crippen LogP contribution >= 0.6 is 11.8 Å². The van der Waals surface area contributed by atoms with Crippen molar-refractivity contribution in [3.05, 3.63) is 35.2 Å². The lowest BCUT2D eigenvalue weighted by Crippen LogP contribution is -2.10. The molecule has 0 saturated carbocycles. The molecule has 19 heavy (non-hydrogen) atoms. The molecule has 1 aromatic heterocycles. The third kappa shape index (κ3) is 3.35. The van der Waals surface area contributed by atoms with Crippen LogP contribution in [0.1, 0.15) is 17.0 Å². The lowest BCUT2D eigenvalue weighted by Gasteiger charge is -2.12. The second-order valence-electron chi connectivity index (χ2n) is 4.22. The Hall–Kier alpha value is -1.82. The van der Waals surface area contributed by atoms with E-state index in [2.05, 4.69) is 46.2 Å². The van der Waals surface area contributed by atoms with E-state index in [9.17, 15) is 0 Å². The number of nitrogens with zero attached hydrogens (tertiary/aromatic N) is 3. The number of rotatable bonds is 4. The largest absolute Gasteiger partial charge is 0.377 e. The third-order valence-corrected chi connectivity index (χ3v) is 3.31. The molecule has 0 aliphatic heterocycles. The third-order valence-electron chi connectivity index (χ3n) is 2.77. The van der Waals surface area contributed by atoms with Gasteiger partial charge < -0.3 is 11.1 Å². The summed E-state index contributed by atoms with van der Waals surface area (Å²) in [5.41, 5.74) is 9.18. The highest BCUT2D eigenvalue weighted by atomic mass is 32.2. The van der Waals surface area contributed by atoms with Crippen LogP contribution in [0.5, 0.6) is 0 Å². The van der Waals surface area contributed by atoms with Crippen LogP contribution in [0.4, 0.5) is 11.6 Å². The number of anilines is 2. The van der Waals surface area contributed by atoms with Gasteiger partial charge in [-0.1, -0.05) is 30.0 Å². The molecule has 1 aromatic carbocycles. The van der Waals surface area contributed by atoms with Gasteiger partial charge in [0.25, 0.3) is 0 Å². The molecular formula is C13H17N5S. The van der Waals surface area contributed by atoms with Crippen LogP contribution in [0.3, 0.4) is 0 Å². The van der Waals surface area contributed by atoms with Crippen molar-refractivity contribution in [3.8, 4) is 0 Å². The molecule has 5 nitrogen and oxygen atoms in total. The van der Waals surface area contributed by atoms with Gasteiger partial charge in [0.2, 0.25) is 5.95 Å². The Morgan fingerprint density at radius 2 is 1.84 bits per heavy atom. The summed E-state index contributed by atoms with van der Waals surface area (Å²) in [6.45, 7) is 4.68. The molecule has 2 rings (SSSR count). The first-order chi connectivity index (χ1) is 9.10. The molecule has 2 aromatic rings. The van der Waals surface area contributed by atoms with E-state index in [0.29, 0.717) is 17.5 Å². The minimum Gasteiger partial charge on any atom is -0.377 e. The van der Waals surface area contributed by atoms with Gasteiger partial charge in [-0.25, -0.2) is 4.98 Å². The van der Waals surface area contributed by atoms with E-state index in [-0.39, 0.29) is 5.95 Å². The van der Waals surface area contributed by atoms with Crippen molar-refractivity contribution >= 4 is 23.4 Å². The molecular weight excluding hydrogens is 258 g/mol. The van der Waals surface area contributed by atoms with E-state index in [1.807, 2.05) is 12.3 Å². The van der Waals surface area contributed by atoms with E-state index >= 15 is 0 Å². The fourth-order valence-corrected chi connectivity index (χ4v) is 2.23. The molecule has 0 bridgehead atoms. The molecule has 0 spiro atoms. The summed E-state index contributed by atoms with van der Waals surface area (Å²) in [5, 5.41) is 4.00. The van der Waals surface area contributed by atoms with Crippen molar-refractivity contribution in [1.29, 1.82) is 0 Å². The van der Waals surface area contributed by atoms with E-state index in [0.717, 1.165) is 5.69 Å². The van der Waals surface area contributed by atoms with Crippen molar-refractivity contribution in [2.45, 2.75) is 25.5 Å². The van der Waals surface area contributed by atoms with Crippen LogP contribution in [-0.4, -0.2) is 21.2 Å². The fraction of sp³-hybridized carbons (Fsp3) is 0.308. The molecule has 100 valence electrons. The SMILES string of the molecule is CSc1nc(N)nc(CNc2c(C)cccc2C)n1. The Balaban J connectivity index is 2.16. The number of benzene rings is 1. The van der Waals surface area contributed by atoms with Gasteiger partial charge in [-0.05, 0) is 31.2 Å². The summed E-state index contributed by atoms with van der Waals surface area (Å²) in [7, 11) is 0. The number of hydrogen-bond donors (Lipinski definition) is 2. The zero-order chi connectivity index (χ0) is 13.8. The molecule has 0 unspecified atom stereocenters. The first-order valence-electron chi connectivity index (χ1n) is 5.94. The van der Waals surface area contributed by atoms with E-state index < -0.39 is 0 Å². The number of nitrogens with two attached hydrogens (primary N) is 1. The Labute approximate surface area is 117 Å².